The third kappa shape index (κ3) is 18.3. The minimum atomic E-state index is -4.22. The van der Waals surface area contributed by atoms with Crippen molar-refractivity contribution < 1.29 is 41.9 Å². The molecule has 19 nitrogen and oxygen atoms in total. The topological polar surface area (TPSA) is 286 Å². The smallest absolute Gasteiger partial charge is 0.297 e. The maximum Gasteiger partial charge on any atom is 0.297 e. The first kappa shape index (κ1) is 53.4. The van der Waals surface area contributed by atoms with Crippen LogP contribution >= 0.6 is 0 Å². The number of rotatable bonds is 22. The van der Waals surface area contributed by atoms with Crippen molar-refractivity contribution in [3.8, 4) is 5.75 Å². The molecular formula is C45H60FN11O8S. The molecule has 5 amide bonds. The fraction of sp³-hybridized carbons (Fsp3) is 0.333. The van der Waals surface area contributed by atoms with Crippen LogP contribution in [0.15, 0.2) is 104 Å². The normalized spacial score (nSPS) is 12.7. The Labute approximate surface area is 383 Å². The number of aromatic amines is 2. The Morgan fingerprint density at radius 3 is 2.21 bits per heavy atom. The first-order valence-corrected chi connectivity index (χ1v) is 22.5. The van der Waals surface area contributed by atoms with Crippen LogP contribution in [0.2, 0.25) is 0 Å². The number of hydrazine groups is 1. The Morgan fingerprint density at radius 1 is 0.909 bits per heavy atom. The molecule has 2 aromatic heterocycles. The van der Waals surface area contributed by atoms with Crippen molar-refractivity contribution in [3.63, 3.8) is 0 Å². The quantitative estimate of drug-likeness (QED) is 0.0275. The number of nitrogens with two attached hydrogens (primary N) is 1. The monoisotopic (exact) mass is 933 g/mol. The summed E-state index contributed by atoms with van der Waals surface area (Å²) in [6, 6.07) is 16.0. The highest BCUT2D eigenvalue weighted by Gasteiger charge is 2.29. The summed E-state index contributed by atoms with van der Waals surface area (Å²) in [5, 5.41) is 20.4. The molecule has 2 heterocycles. The fourth-order valence-corrected chi connectivity index (χ4v) is 7.01. The molecule has 66 heavy (non-hydrogen) atoms. The lowest BCUT2D eigenvalue weighted by Crippen LogP contribution is -2.57. The van der Waals surface area contributed by atoms with Gasteiger partial charge in [0, 0.05) is 54.4 Å². The van der Waals surface area contributed by atoms with Crippen molar-refractivity contribution in [3.05, 3.63) is 132 Å². The number of H-pyrrole nitrogens is 2. The number of amides is 5. The number of aromatic hydroxyl groups is 1. The molecule has 0 aliphatic rings. The molecule has 0 saturated carbocycles. The summed E-state index contributed by atoms with van der Waals surface area (Å²) >= 11 is 0. The van der Waals surface area contributed by atoms with E-state index < -0.39 is 51.9 Å². The molecule has 0 bridgehead atoms. The SMILES string of the molecule is C=CCNS(=O)(=O)N(Cc1ccc(F)cc1)NC(=O)C(C)NC(=O)C(Cc1c[nH]c2ccccc12)NC=O.CC(Cc1cnc[nH]1)NC(=O)CNC(=O)C(N)Cc1ccc(O)cc1.CCC. The summed E-state index contributed by atoms with van der Waals surface area (Å²) in [5.74, 6) is -2.49. The van der Waals surface area contributed by atoms with E-state index in [-0.39, 0.29) is 43.8 Å². The molecule has 3 aromatic carbocycles. The Kier molecular flexibility index (Phi) is 22.2. The van der Waals surface area contributed by atoms with Crippen LogP contribution in [0.5, 0.6) is 5.75 Å². The van der Waals surface area contributed by atoms with E-state index in [4.69, 9.17) is 5.73 Å². The van der Waals surface area contributed by atoms with Gasteiger partial charge in [-0.1, -0.05) is 73.2 Å². The molecule has 5 rings (SSSR count). The van der Waals surface area contributed by atoms with E-state index in [1.165, 1.54) is 43.7 Å². The molecule has 0 spiro atoms. The van der Waals surface area contributed by atoms with Gasteiger partial charge in [0.15, 0.2) is 0 Å². The Morgan fingerprint density at radius 2 is 1.58 bits per heavy atom. The molecule has 356 valence electrons. The standard InChI is InChI=1S/C25H29FN6O5S.C17H23N5O3.C3H8/c1-3-12-29-38(36,37)32(15-18-8-10-20(26)11-9-18)31-24(34)17(2)30-25(35)23(28-16-33)13-19-14-27-22-7-5-4-6-21(19)22;1-11(6-13-8-19-10-21-13)22-16(24)9-20-17(25)15(18)7-12-2-4-14(23)5-3-12;1-3-2/h3-11,14,16-17,23,27,29H,1,12-13,15H2,2H3,(H,28,33)(H,30,35)(H,31,34);2-5,8,10-11,15,23H,6-7,9,18H2,1H3,(H,19,21)(H,20,25)(H,22,24);3H2,1-2H3. The van der Waals surface area contributed by atoms with Crippen LogP contribution in [-0.4, -0.2) is 100 Å². The number of imidazole rings is 1. The predicted molar refractivity (Wildman–Crippen MR) is 248 cm³/mol. The van der Waals surface area contributed by atoms with Crippen LogP contribution in [0.3, 0.4) is 0 Å². The average Bonchev–Trinajstić information content (AvgIpc) is 3.96. The van der Waals surface area contributed by atoms with E-state index in [1.807, 2.05) is 31.2 Å². The van der Waals surface area contributed by atoms with Crippen LogP contribution in [0.25, 0.3) is 10.9 Å². The van der Waals surface area contributed by atoms with Gasteiger partial charge in [-0.15, -0.1) is 6.58 Å². The number of carbonyl (C=O) groups excluding carboxylic acids is 5. The summed E-state index contributed by atoms with van der Waals surface area (Å²) in [6.07, 6.45) is 9.09. The highest BCUT2D eigenvalue weighted by atomic mass is 32.2. The highest BCUT2D eigenvalue weighted by Crippen LogP contribution is 2.19. The molecule has 0 radical (unpaired) electrons. The van der Waals surface area contributed by atoms with Gasteiger partial charge in [0.1, 0.15) is 23.7 Å². The minimum Gasteiger partial charge on any atom is -0.508 e. The number of carbonyl (C=O) groups is 5. The number of aromatic nitrogens is 3. The maximum absolute atomic E-state index is 13.3. The number of nitrogens with one attached hydrogen (secondary N) is 8. The number of phenolic OH excluding ortho intramolecular Hbond substituents is 1. The maximum atomic E-state index is 13.3. The average molecular weight is 934 g/mol. The van der Waals surface area contributed by atoms with Gasteiger partial charge in [0.2, 0.25) is 24.1 Å². The van der Waals surface area contributed by atoms with E-state index in [0.29, 0.717) is 29.2 Å². The Hall–Kier alpha value is -6.94. The van der Waals surface area contributed by atoms with Gasteiger partial charge in [0.05, 0.1) is 25.5 Å². The highest BCUT2D eigenvalue weighted by molar-refractivity contribution is 7.87. The fourth-order valence-electron chi connectivity index (χ4n) is 5.99. The van der Waals surface area contributed by atoms with Crippen LogP contribution in [-0.2, 0) is 60.0 Å². The number of phenols is 1. The zero-order chi connectivity index (χ0) is 48.6. The number of halogens is 1. The van der Waals surface area contributed by atoms with E-state index >= 15 is 0 Å². The number of para-hydroxylation sites is 1. The third-order valence-electron chi connectivity index (χ3n) is 9.25. The van der Waals surface area contributed by atoms with Crippen molar-refractivity contribution in [1.82, 2.24) is 50.8 Å². The van der Waals surface area contributed by atoms with E-state index in [1.54, 1.807) is 30.9 Å². The van der Waals surface area contributed by atoms with E-state index in [9.17, 15) is 41.9 Å². The molecule has 11 N–H and O–H groups in total. The number of nitrogens with zero attached hydrogens (tertiary/aromatic N) is 2. The Balaban J connectivity index is 0.000000356. The summed E-state index contributed by atoms with van der Waals surface area (Å²) in [4.78, 5) is 70.9. The lowest BCUT2D eigenvalue weighted by molar-refractivity contribution is -0.131. The molecule has 5 aromatic rings. The second kappa shape index (κ2) is 27.4. The zero-order valence-corrected chi connectivity index (χ0v) is 38.2. The van der Waals surface area contributed by atoms with Gasteiger partial charge in [-0.05, 0) is 67.3 Å². The second-order valence-electron chi connectivity index (χ2n) is 15.0. The van der Waals surface area contributed by atoms with E-state index in [0.717, 1.165) is 39.9 Å². The minimum absolute atomic E-state index is 0.0875. The summed E-state index contributed by atoms with van der Waals surface area (Å²) in [5.41, 5.74) is 11.9. The van der Waals surface area contributed by atoms with Crippen molar-refractivity contribution in [2.45, 2.75) is 84.1 Å². The largest absolute Gasteiger partial charge is 0.508 e. The van der Waals surface area contributed by atoms with Crippen LogP contribution in [0, 0.1) is 5.82 Å². The van der Waals surface area contributed by atoms with Crippen LogP contribution in [0.1, 0.15) is 56.5 Å². The van der Waals surface area contributed by atoms with Crippen molar-refractivity contribution in [2.75, 3.05) is 13.1 Å². The number of fused-ring (bicyclic) bond motifs is 1. The molecule has 4 unspecified atom stereocenters. The van der Waals surface area contributed by atoms with Gasteiger partial charge < -0.3 is 42.1 Å². The molecule has 0 fully saturated rings. The number of hydrogen-bond acceptors (Lipinski definition) is 10. The zero-order valence-electron chi connectivity index (χ0n) is 37.3. The second-order valence-corrected chi connectivity index (χ2v) is 16.7. The first-order valence-electron chi connectivity index (χ1n) is 21.1. The molecule has 4 atom stereocenters. The predicted octanol–water partition coefficient (Wildman–Crippen LogP) is 2.29. The molecule has 21 heteroatoms. The molecule has 0 aliphatic heterocycles. The number of benzene rings is 3. The van der Waals surface area contributed by atoms with E-state index in [2.05, 4.69) is 66.8 Å². The summed E-state index contributed by atoms with van der Waals surface area (Å²) in [6.45, 7) is 10.4. The van der Waals surface area contributed by atoms with Gasteiger partial charge in [-0.25, -0.2) is 9.37 Å². The van der Waals surface area contributed by atoms with Gasteiger partial charge in [0.25, 0.3) is 16.1 Å². The first-order chi connectivity index (χ1) is 31.5. The molecule has 0 saturated heterocycles. The lowest BCUT2D eigenvalue weighted by Gasteiger charge is -2.25. The summed E-state index contributed by atoms with van der Waals surface area (Å²) in [7, 11) is -4.22. The molecular weight excluding hydrogens is 874 g/mol. The third-order valence-corrected chi connectivity index (χ3v) is 10.6. The van der Waals surface area contributed by atoms with Crippen molar-refractivity contribution in [1.29, 1.82) is 0 Å². The van der Waals surface area contributed by atoms with Crippen molar-refractivity contribution in [2.24, 2.45) is 5.73 Å². The van der Waals surface area contributed by atoms with Crippen LogP contribution < -0.4 is 37.1 Å². The lowest BCUT2D eigenvalue weighted by atomic mass is 10.0. The number of hydrogen-bond donors (Lipinski definition) is 10. The van der Waals surface area contributed by atoms with Gasteiger partial charge in [-0.3, -0.25) is 29.4 Å². The van der Waals surface area contributed by atoms with Gasteiger partial charge in [-0.2, -0.15) is 13.1 Å². The van der Waals surface area contributed by atoms with Crippen LogP contribution in [0.4, 0.5) is 4.39 Å². The van der Waals surface area contributed by atoms with Gasteiger partial charge >= 0.3 is 0 Å². The van der Waals surface area contributed by atoms with Crippen molar-refractivity contribution >= 4 is 51.2 Å². The Bertz CT molecular complexity index is 2420. The molecule has 0 aliphatic carbocycles. The summed E-state index contributed by atoms with van der Waals surface area (Å²) < 4.78 is 41.7.